The van der Waals surface area contributed by atoms with Crippen molar-refractivity contribution >= 4 is 23.3 Å². The molecule has 5 nitrogen and oxygen atoms in total. The summed E-state index contributed by atoms with van der Waals surface area (Å²) in [6, 6.07) is 2.36. The molecule has 0 aromatic heterocycles. The zero-order chi connectivity index (χ0) is 18.8. The Morgan fingerprint density at radius 3 is 2.44 bits per heavy atom. The van der Waals surface area contributed by atoms with E-state index in [0.717, 1.165) is 19.2 Å². The number of carbonyl (C=O) groups is 2. The third kappa shape index (κ3) is 3.62. The largest absolute Gasteiger partial charge is 0.465 e. The summed E-state index contributed by atoms with van der Waals surface area (Å²) in [5.41, 5.74) is -0.753. The number of alkyl halides is 3. The van der Waals surface area contributed by atoms with Gasteiger partial charge in [0.05, 0.1) is 36.6 Å². The van der Waals surface area contributed by atoms with Crippen LogP contribution in [-0.2, 0) is 20.4 Å². The summed E-state index contributed by atoms with van der Waals surface area (Å²) in [6.07, 6.45) is -3.38. The number of ether oxygens (including phenoxy) is 2. The number of esters is 1. The number of halogens is 3. The fraction of sp³-hybridized carbons (Fsp3) is 0.412. The summed E-state index contributed by atoms with van der Waals surface area (Å²) in [6.45, 7) is 3.54. The van der Waals surface area contributed by atoms with Crippen LogP contribution in [0.3, 0.4) is 0 Å². The number of carbonyl (C=O) groups excluding carboxylic acids is 2. The van der Waals surface area contributed by atoms with Crippen molar-refractivity contribution in [2.45, 2.75) is 32.5 Å². The van der Waals surface area contributed by atoms with Gasteiger partial charge in [0, 0.05) is 5.56 Å². The quantitative estimate of drug-likeness (QED) is 0.767. The Balaban J connectivity index is 2.66. The molecule has 0 saturated carbocycles. The number of hydrogen-bond acceptors (Lipinski definition) is 4. The van der Waals surface area contributed by atoms with Crippen LogP contribution in [0.5, 0.6) is 0 Å². The number of hydrogen-bond donors (Lipinski definition) is 0. The minimum Gasteiger partial charge on any atom is -0.465 e. The number of amides is 1. The van der Waals surface area contributed by atoms with E-state index < -0.39 is 29.8 Å². The molecule has 1 heterocycles. The van der Waals surface area contributed by atoms with Crippen molar-refractivity contribution < 1.29 is 32.2 Å². The van der Waals surface area contributed by atoms with Crippen molar-refractivity contribution in [3.8, 4) is 0 Å². The highest BCUT2D eigenvalue weighted by Crippen LogP contribution is 2.40. The number of methoxy groups -OCH3 is 1. The Labute approximate surface area is 143 Å². The maximum Gasteiger partial charge on any atom is 0.416 e. The van der Waals surface area contributed by atoms with Crippen LogP contribution >= 0.6 is 0 Å². The van der Waals surface area contributed by atoms with Gasteiger partial charge in [-0.15, -0.1) is 0 Å². The molecule has 0 fully saturated rings. The van der Waals surface area contributed by atoms with E-state index in [1.165, 1.54) is 17.0 Å². The third-order valence-electron chi connectivity index (χ3n) is 3.85. The normalized spacial score (nSPS) is 16.8. The molecule has 2 rings (SSSR count). The molecule has 0 spiro atoms. The summed E-state index contributed by atoms with van der Waals surface area (Å²) in [7, 11) is 1.15. The van der Waals surface area contributed by atoms with E-state index in [1.54, 1.807) is 13.8 Å². The summed E-state index contributed by atoms with van der Waals surface area (Å²) in [5, 5.41) is 0. The topological polar surface area (TPSA) is 55.8 Å². The Morgan fingerprint density at radius 2 is 1.92 bits per heavy atom. The van der Waals surface area contributed by atoms with Gasteiger partial charge in [-0.2, -0.15) is 13.2 Å². The fourth-order valence-electron chi connectivity index (χ4n) is 2.69. The van der Waals surface area contributed by atoms with Crippen molar-refractivity contribution in [1.82, 2.24) is 0 Å². The minimum atomic E-state index is -4.58. The number of anilines is 1. The SMILES string of the molecule is CCOC(=O)N1c2ccc(C(F)(F)F)cc2C(C(=O)OC)=C[C@H]1CC. The van der Waals surface area contributed by atoms with Crippen molar-refractivity contribution in [3.05, 3.63) is 35.4 Å². The number of fused-ring (bicyclic) bond motifs is 1. The molecule has 136 valence electrons. The van der Waals surface area contributed by atoms with Crippen LogP contribution in [0.25, 0.3) is 5.57 Å². The molecule has 1 aliphatic heterocycles. The lowest BCUT2D eigenvalue weighted by atomic mass is 9.92. The van der Waals surface area contributed by atoms with Crippen molar-refractivity contribution in [2.75, 3.05) is 18.6 Å². The zero-order valence-corrected chi connectivity index (χ0v) is 14.0. The first kappa shape index (κ1) is 18.8. The smallest absolute Gasteiger partial charge is 0.416 e. The maximum atomic E-state index is 13.0. The van der Waals surface area contributed by atoms with Gasteiger partial charge in [0.15, 0.2) is 0 Å². The second-order valence-electron chi connectivity index (χ2n) is 5.35. The van der Waals surface area contributed by atoms with Crippen LogP contribution in [-0.4, -0.2) is 31.8 Å². The predicted octanol–water partition coefficient (Wildman–Crippen LogP) is 4.02. The van der Waals surface area contributed by atoms with Crippen LogP contribution in [0.15, 0.2) is 24.3 Å². The lowest BCUT2D eigenvalue weighted by Gasteiger charge is -2.34. The lowest BCUT2D eigenvalue weighted by molar-refractivity contribution is -0.138. The van der Waals surface area contributed by atoms with Gasteiger partial charge in [0.25, 0.3) is 0 Å². The molecule has 1 aromatic rings. The van der Waals surface area contributed by atoms with Crippen LogP contribution in [0, 0.1) is 0 Å². The van der Waals surface area contributed by atoms with Gasteiger partial charge in [0.1, 0.15) is 0 Å². The molecule has 0 saturated heterocycles. The van der Waals surface area contributed by atoms with Gasteiger partial charge in [-0.25, -0.2) is 9.59 Å². The Kier molecular flexibility index (Phi) is 5.39. The molecule has 25 heavy (non-hydrogen) atoms. The zero-order valence-electron chi connectivity index (χ0n) is 14.0. The van der Waals surface area contributed by atoms with Gasteiger partial charge < -0.3 is 9.47 Å². The first-order valence-corrected chi connectivity index (χ1v) is 7.72. The number of benzene rings is 1. The minimum absolute atomic E-state index is 0.00371. The lowest BCUT2D eigenvalue weighted by Crippen LogP contribution is -2.42. The summed E-state index contributed by atoms with van der Waals surface area (Å²) in [4.78, 5) is 25.6. The second kappa shape index (κ2) is 7.16. The summed E-state index contributed by atoms with van der Waals surface area (Å²) in [5.74, 6) is -0.762. The first-order valence-electron chi connectivity index (χ1n) is 7.72. The summed E-state index contributed by atoms with van der Waals surface area (Å²) < 4.78 is 48.8. The molecule has 0 unspecified atom stereocenters. The molecular weight excluding hydrogens is 339 g/mol. The number of nitrogens with zero attached hydrogens (tertiary/aromatic N) is 1. The average Bonchev–Trinajstić information content (AvgIpc) is 2.58. The van der Waals surface area contributed by atoms with Crippen molar-refractivity contribution in [1.29, 1.82) is 0 Å². The second-order valence-corrected chi connectivity index (χ2v) is 5.35. The van der Waals surface area contributed by atoms with E-state index in [2.05, 4.69) is 4.74 Å². The molecule has 1 atom stereocenters. The molecule has 0 bridgehead atoms. The van der Waals surface area contributed by atoms with Crippen LogP contribution in [0.2, 0.25) is 0 Å². The third-order valence-corrected chi connectivity index (χ3v) is 3.85. The van der Waals surface area contributed by atoms with E-state index >= 15 is 0 Å². The molecule has 1 aromatic carbocycles. The molecule has 1 aliphatic rings. The molecule has 0 N–H and O–H groups in total. The van der Waals surface area contributed by atoms with Gasteiger partial charge in [-0.05, 0) is 37.6 Å². The molecule has 8 heteroatoms. The highest BCUT2D eigenvalue weighted by Gasteiger charge is 2.37. The molecule has 1 amide bonds. The predicted molar refractivity (Wildman–Crippen MR) is 85.0 cm³/mol. The number of rotatable bonds is 3. The molecule has 0 radical (unpaired) electrons. The van der Waals surface area contributed by atoms with E-state index in [-0.39, 0.29) is 23.4 Å². The van der Waals surface area contributed by atoms with Crippen molar-refractivity contribution in [2.24, 2.45) is 0 Å². The Bertz CT molecular complexity index is 712. The summed E-state index contributed by atoms with van der Waals surface area (Å²) >= 11 is 0. The van der Waals surface area contributed by atoms with E-state index in [4.69, 9.17) is 4.74 Å². The van der Waals surface area contributed by atoms with Gasteiger partial charge in [0.2, 0.25) is 0 Å². The molecular formula is C17H18F3NO4. The van der Waals surface area contributed by atoms with Crippen LogP contribution < -0.4 is 4.90 Å². The van der Waals surface area contributed by atoms with Crippen LogP contribution in [0.4, 0.5) is 23.7 Å². The standard InChI is InChI=1S/C17H18F3NO4/c1-4-11-9-13(15(22)24-3)12-8-10(17(18,19)20)6-7-14(12)21(11)16(23)25-5-2/h6-9,11H,4-5H2,1-3H3/t11-/m1/s1. The highest BCUT2D eigenvalue weighted by molar-refractivity contribution is 6.20. The van der Waals surface area contributed by atoms with E-state index in [0.29, 0.717) is 6.42 Å². The maximum absolute atomic E-state index is 13.0. The van der Waals surface area contributed by atoms with E-state index in [1.807, 2.05) is 0 Å². The Hall–Kier alpha value is -2.51. The monoisotopic (exact) mass is 357 g/mol. The fourth-order valence-corrected chi connectivity index (χ4v) is 2.69. The van der Waals surface area contributed by atoms with E-state index in [9.17, 15) is 22.8 Å². The molecule has 0 aliphatic carbocycles. The average molecular weight is 357 g/mol. The first-order chi connectivity index (χ1) is 11.7. The van der Waals surface area contributed by atoms with Gasteiger partial charge in [-0.3, -0.25) is 4.90 Å². The Morgan fingerprint density at radius 1 is 1.24 bits per heavy atom. The van der Waals surface area contributed by atoms with Crippen molar-refractivity contribution in [3.63, 3.8) is 0 Å². The van der Waals surface area contributed by atoms with Gasteiger partial charge in [-0.1, -0.05) is 6.92 Å². The van der Waals surface area contributed by atoms with Crippen LogP contribution in [0.1, 0.15) is 31.4 Å². The highest BCUT2D eigenvalue weighted by atomic mass is 19.4. The van der Waals surface area contributed by atoms with Gasteiger partial charge >= 0.3 is 18.2 Å².